The van der Waals surface area contributed by atoms with Crippen LogP contribution < -0.4 is 37.6 Å². The lowest BCUT2D eigenvalue weighted by molar-refractivity contribution is -0.140. The third-order valence-electron chi connectivity index (χ3n) is 15.9. The van der Waals surface area contributed by atoms with Crippen LogP contribution in [-0.2, 0) is 65.7 Å². The molecule has 7 rings (SSSR count). The van der Waals surface area contributed by atoms with Crippen molar-refractivity contribution >= 4 is 41.1 Å². The van der Waals surface area contributed by atoms with Crippen molar-refractivity contribution in [2.45, 2.75) is 136 Å². The van der Waals surface area contributed by atoms with Gasteiger partial charge in [-0.05, 0) is 137 Å². The van der Waals surface area contributed by atoms with E-state index in [1.807, 2.05) is 13.8 Å². The van der Waals surface area contributed by atoms with Crippen LogP contribution in [0.1, 0.15) is 119 Å². The number of carbonyl (C=O) groups is 7. The number of Topliss-reactive ketones (excluding diaryl/α,β-unsaturated/α-hetero) is 2. The Kier molecular flexibility index (Phi) is 34.7. The highest BCUT2D eigenvalue weighted by atomic mass is 16.4. The number of hydrogen-bond donors (Lipinski definition) is 22. The zero-order valence-electron chi connectivity index (χ0n) is 56.6. The normalized spacial score (nSPS) is 13.9. The van der Waals surface area contributed by atoms with E-state index in [1.165, 1.54) is 74.6 Å². The lowest BCUT2D eigenvalue weighted by Gasteiger charge is -2.34. The number of aryl methyl sites for hydroxylation is 1. The van der Waals surface area contributed by atoms with Gasteiger partial charge in [-0.2, -0.15) is 0 Å². The van der Waals surface area contributed by atoms with Crippen molar-refractivity contribution in [1.82, 2.24) is 36.8 Å². The summed E-state index contributed by atoms with van der Waals surface area (Å²) in [5, 5.41) is 158. The van der Waals surface area contributed by atoms with Gasteiger partial charge in [-0.15, -0.1) is 0 Å². The van der Waals surface area contributed by atoms with E-state index in [0.717, 1.165) is 43.5 Å². The molecule has 2 aliphatic heterocycles. The van der Waals surface area contributed by atoms with Gasteiger partial charge in [0.1, 0.15) is 5.78 Å². The number of carbonyl (C=O) groups excluding carboxylic acids is 7. The lowest BCUT2D eigenvalue weighted by atomic mass is 9.97. The van der Waals surface area contributed by atoms with E-state index in [9.17, 15) is 99.9 Å². The maximum Gasteiger partial charge on any atom is 0.236 e. The number of nitrogens with zero attached hydrogens (tertiary/aromatic N) is 1. The first-order chi connectivity index (χ1) is 47.2. The Morgan fingerprint density at radius 1 is 0.530 bits per heavy atom. The smallest absolute Gasteiger partial charge is 0.236 e. The number of allylic oxidation sites excluding steroid dienone is 2. The first-order valence-electron chi connectivity index (χ1n) is 32.3. The number of phenols is 15. The summed E-state index contributed by atoms with van der Waals surface area (Å²) in [5.74, 6) is -7.65. The zero-order valence-corrected chi connectivity index (χ0v) is 56.6. The lowest BCUT2D eigenvalue weighted by Crippen LogP contribution is -2.47. The number of rotatable bonds is 26. The molecule has 2 fully saturated rings. The predicted molar refractivity (Wildman–Crippen MR) is 368 cm³/mol. The van der Waals surface area contributed by atoms with Crippen LogP contribution in [0.5, 0.6) is 86.2 Å². The van der Waals surface area contributed by atoms with Gasteiger partial charge in [0.15, 0.2) is 63.3 Å². The largest absolute Gasteiger partial charge is 0.504 e. The number of hydrogen-bond acceptors (Lipinski definition) is 25. The fraction of sp³-hybridized carbons (Fsp3) is 0.414. The van der Waals surface area contributed by atoms with Gasteiger partial charge in [0.2, 0.25) is 58.3 Å². The second-order valence-corrected chi connectivity index (χ2v) is 23.5. The van der Waals surface area contributed by atoms with Crippen molar-refractivity contribution in [1.29, 1.82) is 0 Å². The Balaban J connectivity index is 0.000000326. The molecule has 100 heavy (non-hydrogen) atoms. The Bertz CT molecular complexity index is 3630. The maximum absolute atomic E-state index is 12.3. The van der Waals surface area contributed by atoms with Crippen LogP contribution in [0.15, 0.2) is 85.2 Å². The van der Waals surface area contributed by atoms with E-state index >= 15 is 0 Å². The highest BCUT2D eigenvalue weighted by Crippen LogP contribution is 2.41. The fourth-order valence-corrected chi connectivity index (χ4v) is 9.85. The quantitative estimate of drug-likeness (QED) is 0.0334. The first kappa shape index (κ1) is 83.1. The van der Waals surface area contributed by atoms with Gasteiger partial charge in [-0.3, -0.25) is 33.6 Å². The van der Waals surface area contributed by atoms with Crippen molar-refractivity contribution in [2.24, 2.45) is 11.7 Å². The molecule has 0 saturated carbocycles. The van der Waals surface area contributed by atoms with Crippen LogP contribution in [0.2, 0.25) is 0 Å². The number of nitrogens with one attached hydrogen (secondary N) is 6. The Labute approximate surface area is 578 Å². The standard InChI is InChI=1S/C17H23NO5.C15H20N2O4.C14H20N2O4.C12H18N2O4.C12H15NO5/c1-11(19)13-6-2-3-10-18(13)15(21)7-4-5-12-8-9-14(20)17(23)16(12)22;1-9-2-3-11(8-17-9)15(21)16-7-6-10-4-5-12(18)14(20)13(10)19;1-9(2)15-8-6-12(18)16-7-5-10-3-4-11(17)14(20)13(10)19;1-2-8(13)12(18)14-6-5-7-3-4-9(15)11(17)10(7)16;1-13-10(16)5-3-8(14)6-7-2-4-9(15)12(18)11(7)17/h8-9,13,20,22-23H,2-7,10H2,1H3;4-5,11,17-20H,1-3,6-8H2,(H,16,21);3-4,15,17,19-20H,1,5-8H2,2H3,(H,16,18);3-4,8,15-17H,2,5-6,13H2,1H3,(H,14,18);2,4,15,17-18H,3,5-6H2,1H3,(H,13,16)/t;;;8-;/m...0./s1. The molecule has 5 aromatic carbocycles. The van der Waals surface area contributed by atoms with Gasteiger partial charge < -0.3 is 119 Å². The molecular weight excluding hydrogens is 1300 g/mol. The fourth-order valence-electron chi connectivity index (χ4n) is 9.85. The van der Waals surface area contributed by atoms with Crippen LogP contribution in [-0.4, -0.2) is 181 Å². The average Bonchev–Trinajstić information content (AvgIpc) is 0.879. The number of piperidine rings is 2. The summed E-state index contributed by atoms with van der Waals surface area (Å²) in [7, 11) is 1.48. The Morgan fingerprint density at radius 3 is 1.40 bits per heavy atom. The predicted octanol–water partition coefficient (Wildman–Crippen LogP) is 4.69. The molecule has 5 aromatic rings. The summed E-state index contributed by atoms with van der Waals surface area (Å²) in [5.41, 5.74) is 9.37. The molecule has 0 aliphatic carbocycles. The third-order valence-corrected chi connectivity index (χ3v) is 15.9. The van der Waals surface area contributed by atoms with E-state index < -0.39 is 46.3 Å². The van der Waals surface area contributed by atoms with Gasteiger partial charge in [-0.1, -0.05) is 50.4 Å². The molecule has 30 nitrogen and oxygen atoms in total. The minimum absolute atomic E-state index is 0.0270. The zero-order chi connectivity index (χ0) is 74.9. The number of nitrogens with two attached hydrogens (primary N) is 1. The van der Waals surface area contributed by atoms with Gasteiger partial charge in [0.25, 0.3) is 0 Å². The van der Waals surface area contributed by atoms with Crippen molar-refractivity contribution < 1.29 is 110 Å². The molecule has 3 atom stereocenters. The summed E-state index contributed by atoms with van der Waals surface area (Å²) >= 11 is 0. The SMILES string of the molecule is C=C(C)NCCC(=O)NCCc1ccc(O)c(O)c1O.C=C1CCC(C(=O)NCCc2ccc(O)c(O)c2O)CN1.CC(=O)C1CCCCN1C(=O)CCCc1ccc(O)c(O)c1O.CC[C@H](N)C(=O)NCCc1ccc(O)c(O)c1O.CNC(=O)CCC(=O)Cc1ccc(O)c(O)c1O. The van der Waals surface area contributed by atoms with Crippen molar-refractivity contribution in [3.05, 3.63) is 113 Å². The van der Waals surface area contributed by atoms with Gasteiger partial charge >= 0.3 is 0 Å². The van der Waals surface area contributed by atoms with Crippen molar-refractivity contribution in [2.75, 3.05) is 46.3 Å². The van der Waals surface area contributed by atoms with E-state index in [-0.39, 0.29) is 130 Å². The average molecular weight is 1400 g/mol. The monoisotopic (exact) mass is 1400 g/mol. The number of likely N-dealkylation sites (tertiary alicyclic amines) is 1. The highest BCUT2D eigenvalue weighted by Gasteiger charge is 2.30. The molecular formula is C70H96N8O22. The molecule has 0 bridgehead atoms. The van der Waals surface area contributed by atoms with Gasteiger partial charge in [0, 0.05) is 95.4 Å². The van der Waals surface area contributed by atoms with Gasteiger partial charge in [-0.25, -0.2) is 0 Å². The molecule has 30 heteroatoms. The Hall–Kier alpha value is -11.2. The summed E-state index contributed by atoms with van der Waals surface area (Å²) in [4.78, 5) is 83.0. The van der Waals surface area contributed by atoms with E-state index in [0.29, 0.717) is 106 Å². The summed E-state index contributed by atoms with van der Waals surface area (Å²) < 4.78 is 0. The molecule has 548 valence electrons. The van der Waals surface area contributed by atoms with Crippen LogP contribution in [0.3, 0.4) is 0 Å². The number of benzene rings is 5. The number of phenolic OH excluding ortho intramolecular Hbond substituents is 15. The number of aromatic hydroxyl groups is 15. The molecule has 0 spiro atoms. The van der Waals surface area contributed by atoms with Crippen LogP contribution >= 0.6 is 0 Å². The summed E-state index contributed by atoms with van der Waals surface area (Å²) in [6.45, 7) is 15.4. The van der Waals surface area contributed by atoms with Gasteiger partial charge in [0.05, 0.1) is 18.0 Å². The first-order valence-corrected chi connectivity index (χ1v) is 32.3. The van der Waals surface area contributed by atoms with Crippen molar-refractivity contribution in [3.63, 3.8) is 0 Å². The molecule has 0 aromatic heterocycles. The molecule has 2 heterocycles. The van der Waals surface area contributed by atoms with E-state index in [2.05, 4.69) is 45.1 Å². The summed E-state index contributed by atoms with van der Waals surface area (Å²) in [6.07, 6.45) is 7.37. The van der Waals surface area contributed by atoms with Crippen LogP contribution in [0.25, 0.3) is 0 Å². The molecule has 23 N–H and O–H groups in total. The second-order valence-electron chi connectivity index (χ2n) is 23.5. The van der Waals surface area contributed by atoms with Crippen molar-refractivity contribution in [3.8, 4) is 86.2 Å². The molecule has 5 amide bonds. The second kappa shape index (κ2) is 41.8. The molecule has 0 radical (unpaired) electrons. The summed E-state index contributed by atoms with van der Waals surface area (Å²) in [6, 6.07) is 12.9. The minimum atomic E-state index is -0.647. The Morgan fingerprint density at radius 2 is 0.970 bits per heavy atom. The van der Waals surface area contributed by atoms with E-state index in [4.69, 9.17) is 15.9 Å². The molecule has 2 unspecified atom stereocenters. The molecule has 2 aliphatic rings. The molecule has 2 saturated heterocycles. The topological polar surface area (TPSA) is 524 Å². The highest BCUT2D eigenvalue weighted by molar-refractivity contribution is 5.88. The number of amides is 5. The minimum Gasteiger partial charge on any atom is -0.504 e. The van der Waals surface area contributed by atoms with Crippen LogP contribution in [0, 0.1) is 5.92 Å². The number of ketones is 2. The third kappa shape index (κ3) is 27.0. The maximum atomic E-state index is 12.3. The van der Waals surface area contributed by atoms with Crippen LogP contribution in [0.4, 0.5) is 0 Å². The van der Waals surface area contributed by atoms with E-state index in [1.54, 1.807) is 4.90 Å².